The van der Waals surface area contributed by atoms with E-state index in [4.69, 9.17) is 0 Å². The Morgan fingerprint density at radius 1 is 1.08 bits per heavy atom. The van der Waals surface area contributed by atoms with E-state index in [1.165, 1.54) is 4.90 Å². The number of fused-ring (bicyclic) bond motifs is 1. The Labute approximate surface area is 213 Å². The molecule has 0 radical (unpaired) electrons. The van der Waals surface area contributed by atoms with E-state index in [1.807, 2.05) is 35.2 Å². The number of rotatable bonds is 7. The van der Waals surface area contributed by atoms with Crippen molar-refractivity contribution in [1.82, 2.24) is 14.7 Å². The highest BCUT2D eigenvalue weighted by Gasteiger charge is 2.41. The third-order valence-corrected chi connectivity index (χ3v) is 8.67. The van der Waals surface area contributed by atoms with Gasteiger partial charge in [0.25, 0.3) is 5.91 Å². The van der Waals surface area contributed by atoms with Gasteiger partial charge in [0, 0.05) is 52.8 Å². The normalized spacial score (nSPS) is 24.4. The Balaban J connectivity index is 1.26. The Hall–Kier alpha value is -3.26. The van der Waals surface area contributed by atoms with Crippen molar-refractivity contribution >= 4 is 28.3 Å². The highest BCUT2D eigenvalue weighted by Crippen LogP contribution is 2.37. The van der Waals surface area contributed by atoms with E-state index < -0.39 is 23.0 Å². The maximum Gasteiger partial charge on any atom is 0.258 e. The predicted molar refractivity (Wildman–Crippen MR) is 139 cm³/mol. The number of hydrogen-bond acceptors (Lipinski definition) is 4. The van der Waals surface area contributed by atoms with Crippen molar-refractivity contribution in [2.75, 3.05) is 24.7 Å². The zero-order valence-electron chi connectivity index (χ0n) is 20.1. The molecule has 3 unspecified atom stereocenters. The van der Waals surface area contributed by atoms with Gasteiger partial charge in [0.15, 0.2) is 0 Å². The van der Waals surface area contributed by atoms with Crippen LogP contribution >= 0.6 is 0 Å². The lowest BCUT2D eigenvalue weighted by molar-refractivity contribution is -0.131. The van der Waals surface area contributed by atoms with Gasteiger partial charge in [-0.1, -0.05) is 61.7 Å². The first-order chi connectivity index (χ1) is 17.4. The van der Waals surface area contributed by atoms with Crippen molar-refractivity contribution in [3.05, 3.63) is 90.1 Å². The predicted octanol–water partition coefficient (Wildman–Crippen LogP) is 4.11. The molecule has 0 aromatic heterocycles. The van der Waals surface area contributed by atoms with E-state index in [2.05, 4.69) is 13.2 Å². The molecule has 0 aliphatic carbocycles. The van der Waals surface area contributed by atoms with Crippen LogP contribution in [0.4, 0.5) is 4.39 Å². The van der Waals surface area contributed by atoms with Crippen LogP contribution in [0, 0.1) is 0 Å². The molecule has 4 atom stereocenters. The molecule has 2 aromatic rings. The van der Waals surface area contributed by atoms with Gasteiger partial charge in [-0.3, -0.25) is 13.8 Å². The number of amides is 2. The molecule has 2 amide bonds. The van der Waals surface area contributed by atoms with Crippen LogP contribution in [0.3, 0.4) is 0 Å². The zero-order chi connectivity index (χ0) is 25.4. The van der Waals surface area contributed by atoms with E-state index >= 15 is 4.39 Å². The van der Waals surface area contributed by atoms with Gasteiger partial charge in [0.2, 0.25) is 5.91 Å². The van der Waals surface area contributed by atoms with E-state index in [0.29, 0.717) is 35.5 Å². The van der Waals surface area contributed by atoms with Crippen LogP contribution in [0.25, 0.3) is 5.70 Å². The van der Waals surface area contributed by atoms with Crippen LogP contribution in [0.5, 0.6) is 0 Å². The molecular weight excluding hydrogens is 477 g/mol. The molecule has 0 bridgehead atoms. The van der Waals surface area contributed by atoms with Crippen molar-refractivity contribution in [3.63, 3.8) is 0 Å². The van der Waals surface area contributed by atoms with Crippen molar-refractivity contribution in [3.8, 4) is 0 Å². The molecule has 8 heteroatoms. The summed E-state index contributed by atoms with van der Waals surface area (Å²) in [6.45, 7) is 9.14. The topological polar surface area (TPSA) is 60.9 Å². The summed E-state index contributed by atoms with van der Waals surface area (Å²) < 4.78 is 28.0. The number of carbonyl (C=O) groups excluding carboxylic acids is 2. The summed E-state index contributed by atoms with van der Waals surface area (Å²) in [4.78, 5) is 31.2. The summed E-state index contributed by atoms with van der Waals surface area (Å²) in [7, 11) is -1.21. The fraction of sp³-hybridized carbons (Fsp3) is 0.357. The maximum atomic E-state index is 15.5. The highest BCUT2D eigenvalue weighted by atomic mass is 32.2. The summed E-state index contributed by atoms with van der Waals surface area (Å²) in [5.74, 6) is 0.0495. The number of hydrogen-bond donors (Lipinski definition) is 0. The Kier molecular flexibility index (Phi) is 6.79. The molecular formula is C28H30FN3O3S. The summed E-state index contributed by atoms with van der Waals surface area (Å²) in [5.41, 5.74) is 3.22. The van der Waals surface area contributed by atoms with Crippen molar-refractivity contribution in [2.45, 2.75) is 37.5 Å². The van der Waals surface area contributed by atoms with Gasteiger partial charge in [0.05, 0.1) is 23.7 Å². The molecule has 2 aromatic carbocycles. The van der Waals surface area contributed by atoms with Gasteiger partial charge >= 0.3 is 0 Å². The minimum absolute atomic E-state index is 0.0823. The van der Waals surface area contributed by atoms with E-state index in [1.54, 1.807) is 29.2 Å². The van der Waals surface area contributed by atoms with E-state index in [9.17, 15) is 13.8 Å². The van der Waals surface area contributed by atoms with Crippen LogP contribution in [-0.4, -0.2) is 67.5 Å². The molecule has 3 aliphatic heterocycles. The second-order valence-corrected chi connectivity index (χ2v) is 11.0. The minimum atomic E-state index is -1.21. The molecule has 6 nitrogen and oxygen atoms in total. The fourth-order valence-electron chi connectivity index (χ4n) is 5.51. The van der Waals surface area contributed by atoms with Crippen molar-refractivity contribution < 1.29 is 18.2 Å². The van der Waals surface area contributed by atoms with Crippen LogP contribution < -0.4 is 0 Å². The SMILES string of the molecule is C=C1c2ccccc2C(=O)N1CCC(=O)N1CS(=O)C[C@H]1C(=C)N1CCCC1C(F)c1ccccc1. The van der Waals surface area contributed by atoms with Crippen LogP contribution in [0.15, 0.2) is 73.5 Å². The second-order valence-electron chi connectivity index (χ2n) is 9.52. The molecule has 0 spiro atoms. The Morgan fingerprint density at radius 3 is 2.50 bits per heavy atom. The average Bonchev–Trinajstić information content (AvgIpc) is 3.60. The van der Waals surface area contributed by atoms with Crippen LogP contribution in [-0.2, 0) is 15.6 Å². The van der Waals surface area contributed by atoms with Gasteiger partial charge in [-0.05, 0) is 24.5 Å². The van der Waals surface area contributed by atoms with Gasteiger partial charge in [-0.2, -0.15) is 0 Å². The van der Waals surface area contributed by atoms with Crippen molar-refractivity contribution in [1.29, 1.82) is 0 Å². The molecule has 3 heterocycles. The fourth-order valence-corrected chi connectivity index (χ4v) is 6.98. The zero-order valence-corrected chi connectivity index (χ0v) is 21.0. The van der Waals surface area contributed by atoms with Gasteiger partial charge in [0.1, 0.15) is 6.17 Å². The standard InChI is InChI=1S/C28H30FN3O3S/c1-19-22-11-6-7-12-23(22)28(34)31(19)16-14-26(33)32-18-36(35)17-25(32)20(2)30-15-8-13-24(30)27(29)21-9-4-3-5-10-21/h3-7,9-12,24-25,27H,1-2,8,13-18H2/t24?,25-,27?,36?/m0/s1. The van der Waals surface area contributed by atoms with Gasteiger partial charge in [-0.25, -0.2) is 4.39 Å². The number of alkyl halides is 1. The lowest BCUT2D eigenvalue weighted by atomic mass is 10.0. The molecule has 2 fully saturated rings. The number of likely N-dealkylation sites (tertiary alicyclic amines) is 1. The molecule has 0 saturated carbocycles. The van der Waals surface area contributed by atoms with Gasteiger partial charge in [-0.15, -0.1) is 0 Å². The molecule has 2 saturated heterocycles. The molecule has 188 valence electrons. The number of nitrogens with zero attached hydrogens (tertiary/aromatic N) is 3. The van der Waals surface area contributed by atoms with E-state index in [0.717, 1.165) is 12.0 Å². The lowest BCUT2D eigenvalue weighted by Gasteiger charge is -2.36. The lowest BCUT2D eigenvalue weighted by Crippen LogP contribution is -2.45. The first kappa shape index (κ1) is 24.4. The summed E-state index contributed by atoms with van der Waals surface area (Å²) >= 11 is 0. The Morgan fingerprint density at radius 2 is 1.78 bits per heavy atom. The summed E-state index contributed by atoms with van der Waals surface area (Å²) in [6.07, 6.45) is 0.438. The number of carbonyl (C=O) groups is 2. The number of halogens is 1. The third kappa shape index (κ3) is 4.39. The minimum Gasteiger partial charge on any atom is -0.367 e. The molecule has 36 heavy (non-hydrogen) atoms. The van der Waals surface area contributed by atoms with Crippen molar-refractivity contribution in [2.24, 2.45) is 0 Å². The maximum absolute atomic E-state index is 15.5. The third-order valence-electron chi connectivity index (χ3n) is 7.42. The van der Waals surface area contributed by atoms with E-state index in [-0.39, 0.29) is 42.5 Å². The molecule has 5 rings (SSSR count). The first-order valence-corrected chi connectivity index (χ1v) is 13.7. The molecule has 0 N–H and O–H groups in total. The molecule has 3 aliphatic rings. The van der Waals surface area contributed by atoms with Gasteiger partial charge < -0.3 is 14.7 Å². The largest absolute Gasteiger partial charge is 0.367 e. The number of benzene rings is 2. The second kappa shape index (κ2) is 10.0. The monoisotopic (exact) mass is 507 g/mol. The quantitative estimate of drug-likeness (QED) is 0.566. The van der Waals surface area contributed by atoms with Crippen LogP contribution in [0.2, 0.25) is 0 Å². The summed E-state index contributed by atoms with van der Waals surface area (Å²) in [6, 6.07) is 15.5. The Bertz CT molecular complexity index is 1200. The summed E-state index contributed by atoms with van der Waals surface area (Å²) in [5, 5.41) is 0. The highest BCUT2D eigenvalue weighted by molar-refractivity contribution is 7.85. The smallest absolute Gasteiger partial charge is 0.258 e. The first-order valence-electron chi connectivity index (χ1n) is 12.3. The average molecular weight is 508 g/mol. The van der Waals surface area contributed by atoms with Crippen LogP contribution in [0.1, 0.15) is 46.9 Å².